The van der Waals surface area contributed by atoms with Gasteiger partial charge in [0.15, 0.2) is 5.13 Å². The van der Waals surface area contributed by atoms with Crippen LogP contribution in [0.5, 0.6) is 0 Å². The Morgan fingerprint density at radius 1 is 1.53 bits per heavy atom. The Hall–Kier alpha value is -0.650. The van der Waals surface area contributed by atoms with Crippen LogP contribution in [-0.4, -0.2) is 54.6 Å². The molecule has 0 aromatic carbocycles. The van der Waals surface area contributed by atoms with Crippen molar-refractivity contribution in [1.29, 1.82) is 0 Å². The molecule has 1 saturated heterocycles. The summed E-state index contributed by atoms with van der Waals surface area (Å²) in [5, 5.41) is 6.24. The van der Waals surface area contributed by atoms with Crippen molar-refractivity contribution in [3.63, 3.8) is 0 Å². The second-order valence-corrected chi connectivity index (χ2v) is 6.37. The van der Waals surface area contributed by atoms with Gasteiger partial charge in [0.05, 0.1) is 5.69 Å². The fraction of sp³-hybridized carbons (Fsp3) is 0.786. The smallest absolute Gasteiger partial charge is 0.182 e. The van der Waals surface area contributed by atoms with Crippen LogP contribution in [0.4, 0.5) is 5.13 Å². The lowest BCUT2D eigenvalue weighted by Gasteiger charge is -2.34. The van der Waals surface area contributed by atoms with Gasteiger partial charge < -0.3 is 5.32 Å². The normalized spacial score (nSPS) is 20.9. The van der Waals surface area contributed by atoms with Gasteiger partial charge in [-0.1, -0.05) is 6.42 Å². The minimum absolute atomic E-state index is 0.761. The molecule has 0 bridgehead atoms. The quantitative estimate of drug-likeness (QED) is 0.868. The summed E-state index contributed by atoms with van der Waals surface area (Å²) >= 11 is 1.68. The van der Waals surface area contributed by atoms with E-state index in [-0.39, 0.29) is 0 Å². The average molecular weight is 282 g/mol. The second kappa shape index (κ2) is 7.22. The topological polar surface area (TPSA) is 31.4 Å². The van der Waals surface area contributed by atoms with Gasteiger partial charge in [0, 0.05) is 38.1 Å². The molecule has 0 spiro atoms. The highest BCUT2D eigenvalue weighted by Gasteiger charge is 2.18. The largest absolute Gasteiger partial charge is 0.365 e. The summed E-state index contributed by atoms with van der Waals surface area (Å²) in [4.78, 5) is 9.53. The van der Waals surface area contributed by atoms with Gasteiger partial charge in [0.25, 0.3) is 0 Å². The van der Waals surface area contributed by atoms with Crippen LogP contribution in [-0.2, 0) is 6.54 Å². The molecule has 1 aliphatic rings. The van der Waals surface area contributed by atoms with Crippen LogP contribution in [0, 0.1) is 0 Å². The molecule has 4 nitrogen and oxygen atoms in total. The molecule has 108 valence electrons. The van der Waals surface area contributed by atoms with Crippen molar-refractivity contribution in [3.05, 3.63) is 11.1 Å². The third-order valence-corrected chi connectivity index (χ3v) is 4.82. The van der Waals surface area contributed by atoms with Gasteiger partial charge in [0.2, 0.25) is 0 Å². The van der Waals surface area contributed by atoms with Crippen molar-refractivity contribution in [2.24, 2.45) is 0 Å². The van der Waals surface area contributed by atoms with E-state index in [1.807, 2.05) is 7.05 Å². The van der Waals surface area contributed by atoms with Gasteiger partial charge in [0.1, 0.15) is 0 Å². The van der Waals surface area contributed by atoms with Gasteiger partial charge in [-0.3, -0.25) is 9.80 Å². The summed E-state index contributed by atoms with van der Waals surface area (Å²) in [5.74, 6) is 0. The fourth-order valence-corrected chi connectivity index (χ4v) is 3.30. The number of thiazole rings is 1. The van der Waals surface area contributed by atoms with Crippen molar-refractivity contribution in [1.82, 2.24) is 14.8 Å². The van der Waals surface area contributed by atoms with Crippen molar-refractivity contribution >= 4 is 16.5 Å². The Bertz CT molecular complexity index is 379. The molecule has 0 saturated carbocycles. The first kappa shape index (κ1) is 14.8. The monoisotopic (exact) mass is 282 g/mol. The molecule has 1 atom stereocenters. The van der Waals surface area contributed by atoms with E-state index in [9.17, 15) is 0 Å². The number of likely N-dealkylation sites (N-methyl/N-ethyl adjacent to an activating group) is 1. The number of nitrogens with one attached hydrogen (secondary N) is 1. The summed E-state index contributed by atoms with van der Waals surface area (Å²) in [6.07, 6.45) is 4.13. The number of hydrogen-bond acceptors (Lipinski definition) is 5. The molecule has 19 heavy (non-hydrogen) atoms. The number of aromatic nitrogens is 1. The highest BCUT2D eigenvalue weighted by molar-refractivity contribution is 7.13. The van der Waals surface area contributed by atoms with E-state index >= 15 is 0 Å². The molecule has 1 aromatic rings. The minimum atomic E-state index is 0.761. The van der Waals surface area contributed by atoms with Gasteiger partial charge in [-0.15, -0.1) is 11.3 Å². The Balaban J connectivity index is 1.73. The van der Waals surface area contributed by atoms with Crippen LogP contribution >= 0.6 is 11.3 Å². The Kier molecular flexibility index (Phi) is 5.60. The van der Waals surface area contributed by atoms with Crippen molar-refractivity contribution < 1.29 is 0 Å². The van der Waals surface area contributed by atoms with E-state index in [0.29, 0.717) is 0 Å². The zero-order chi connectivity index (χ0) is 13.7. The SMILES string of the molecule is CNc1nc(CN(C)CCN2CCCC[C@@H]2C)cs1. The third kappa shape index (κ3) is 4.44. The molecular formula is C14H26N4S. The lowest BCUT2D eigenvalue weighted by molar-refractivity contribution is 0.140. The summed E-state index contributed by atoms with van der Waals surface area (Å²) in [7, 11) is 4.11. The Morgan fingerprint density at radius 3 is 3.05 bits per heavy atom. The number of likely N-dealkylation sites (tertiary alicyclic amines) is 1. The molecule has 1 aliphatic heterocycles. The van der Waals surface area contributed by atoms with Crippen LogP contribution in [0.25, 0.3) is 0 Å². The average Bonchev–Trinajstić information content (AvgIpc) is 2.85. The Labute approximate surface area is 120 Å². The van der Waals surface area contributed by atoms with Crippen LogP contribution in [0.15, 0.2) is 5.38 Å². The maximum atomic E-state index is 4.53. The molecule has 5 heteroatoms. The van der Waals surface area contributed by atoms with Gasteiger partial charge in [-0.05, 0) is 33.4 Å². The zero-order valence-electron chi connectivity index (χ0n) is 12.4. The first-order valence-corrected chi connectivity index (χ1v) is 8.11. The van der Waals surface area contributed by atoms with Crippen molar-refractivity contribution in [2.75, 3.05) is 39.0 Å². The molecule has 1 fully saturated rings. The Morgan fingerprint density at radius 2 is 2.37 bits per heavy atom. The van der Waals surface area contributed by atoms with Crippen LogP contribution in [0.1, 0.15) is 31.9 Å². The summed E-state index contributed by atoms with van der Waals surface area (Å²) in [6.45, 7) is 6.88. The lowest BCUT2D eigenvalue weighted by Crippen LogP contribution is -2.41. The van der Waals surface area contributed by atoms with Crippen molar-refractivity contribution in [3.8, 4) is 0 Å². The highest BCUT2D eigenvalue weighted by Crippen LogP contribution is 2.17. The number of nitrogens with zero attached hydrogens (tertiary/aromatic N) is 3. The number of rotatable bonds is 6. The first-order valence-electron chi connectivity index (χ1n) is 7.24. The van der Waals surface area contributed by atoms with Gasteiger partial charge >= 0.3 is 0 Å². The standard InChI is InChI=1S/C14H26N4S/c1-12-6-4-5-7-18(12)9-8-17(3)10-13-11-19-14(15-2)16-13/h11-12H,4-10H2,1-3H3,(H,15,16)/t12-/m0/s1. The molecule has 1 N–H and O–H groups in total. The number of anilines is 1. The van der Waals surface area contributed by atoms with E-state index in [0.717, 1.165) is 24.3 Å². The van der Waals surface area contributed by atoms with E-state index in [4.69, 9.17) is 0 Å². The molecule has 0 aliphatic carbocycles. The predicted octanol–water partition coefficient (Wildman–Crippen LogP) is 2.49. The summed E-state index contributed by atoms with van der Waals surface area (Å²) < 4.78 is 0. The molecule has 0 amide bonds. The molecule has 0 unspecified atom stereocenters. The predicted molar refractivity (Wildman–Crippen MR) is 82.9 cm³/mol. The highest BCUT2D eigenvalue weighted by atomic mass is 32.1. The first-order chi connectivity index (χ1) is 9.19. The maximum absolute atomic E-state index is 4.53. The van der Waals surface area contributed by atoms with Gasteiger partial charge in [-0.2, -0.15) is 0 Å². The van der Waals surface area contributed by atoms with E-state index in [1.165, 1.54) is 38.0 Å². The molecular weight excluding hydrogens is 256 g/mol. The second-order valence-electron chi connectivity index (χ2n) is 5.51. The lowest BCUT2D eigenvalue weighted by atomic mass is 10.0. The zero-order valence-corrected chi connectivity index (χ0v) is 13.2. The maximum Gasteiger partial charge on any atom is 0.182 e. The molecule has 2 rings (SSSR count). The van der Waals surface area contributed by atoms with Crippen LogP contribution in [0.3, 0.4) is 0 Å². The van der Waals surface area contributed by atoms with Crippen LogP contribution < -0.4 is 5.32 Å². The van der Waals surface area contributed by atoms with E-state index < -0.39 is 0 Å². The molecule has 1 aromatic heterocycles. The molecule has 0 radical (unpaired) electrons. The number of hydrogen-bond donors (Lipinski definition) is 1. The van der Waals surface area contributed by atoms with Crippen LogP contribution in [0.2, 0.25) is 0 Å². The third-order valence-electron chi connectivity index (χ3n) is 3.91. The summed E-state index contributed by atoms with van der Waals surface area (Å²) in [6, 6.07) is 0.761. The minimum Gasteiger partial charge on any atom is -0.365 e. The van der Waals surface area contributed by atoms with E-state index in [1.54, 1.807) is 11.3 Å². The van der Waals surface area contributed by atoms with Gasteiger partial charge in [-0.25, -0.2) is 4.98 Å². The number of piperidine rings is 1. The fourth-order valence-electron chi connectivity index (χ4n) is 2.64. The summed E-state index contributed by atoms with van der Waals surface area (Å²) in [5.41, 5.74) is 1.17. The molecule has 2 heterocycles. The van der Waals surface area contributed by atoms with E-state index in [2.05, 4.69) is 39.5 Å². The van der Waals surface area contributed by atoms with Crippen molar-refractivity contribution in [2.45, 2.75) is 38.8 Å².